The first-order valence-corrected chi connectivity index (χ1v) is 16.9. The first-order valence-electron chi connectivity index (χ1n) is 17.0. The van der Waals surface area contributed by atoms with E-state index >= 15 is 0 Å². The van der Waals surface area contributed by atoms with E-state index in [1.165, 1.54) is 6.07 Å². The quantitative estimate of drug-likeness (QED) is 0.410. The molecule has 2 heterocycles. The van der Waals surface area contributed by atoms with Crippen molar-refractivity contribution in [2.45, 2.75) is 75.3 Å². The molecule has 1 saturated heterocycles. The third-order valence-electron chi connectivity index (χ3n) is 8.58. The van der Waals surface area contributed by atoms with E-state index in [0.717, 1.165) is 36.1 Å². The predicted molar refractivity (Wildman–Crippen MR) is 170 cm³/mol. The minimum atomic E-state index is -4.73. The van der Waals surface area contributed by atoms with Gasteiger partial charge in [0.15, 0.2) is 0 Å². The number of morpholine rings is 1. The third kappa shape index (κ3) is 6.84. The number of benzene rings is 2. The zero-order valence-corrected chi connectivity index (χ0v) is 27.2. The van der Waals surface area contributed by atoms with Crippen molar-refractivity contribution in [3.8, 4) is 11.5 Å². The molecule has 3 aliphatic rings. The second-order valence-electron chi connectivity index (χ2n) is 12.8. The summed E-state index contributed by atoms with van der Waals surface area (Å²) < 4.78 is 75.4. The maximum atomic E-state index is 14.5. The summed E-state index contributed by atoms with van der Waals surface area (Å²) in [6, 6.07) is 8.35. The summed E-state index contributed by atoms with van der Waals surface area (Å²) >= 11 is 0. The number of anilines is 1. The van der Waals surface area contributed by atoms with Crippen LogP contribution in [-0.2, 0) is 29.7 Å². The summed E-state index contributed by atoms with van der Waals surface area (Å²) in [6.07, 6.45) is 1.72. The molecule has 5 rings (SSSR count). The molecule has 45 heavy (non-hydrogen) atoms. The molecular formula is C33H45N3O8S. The standard InChI is InChI=1S/C33H45N3O8S/c1-6-43-25-8-9-27-26(22-25)33(13-11-24(12-14-33)44-20-17-35-15-18-42-19-16-35)31(38)36(27)45(39,40)29-10-7-23(21-28(29)41-5)30(37)34-32(2,3)4/h7-10,21-22,24H,6,11-20H2,1-5H3,(H,34,37)/i5D3. The van der Waals surface area contributed by atoms with Gasteiger partial charge in [-0.2, -0.15) is 0 Å². The van der Waals surface area contributed by atoms with Gasteiger partial charge in [0.25, 0.3) is 21.8 Å². The Bertz CT molecular complexity index is 1610. The monoisotopic (exact) mass is 646 g/mol. The lowest BCUT2D eigenvalue weighted by atomic mass is 9.69. The molecule has 2 fully saturated rings. The Balaban J connectivity index is 1.46. The second-order valence-corrected chi connectivity index (χ2v) is 14.5. The van der Waals surface area contributed by atoms with Gasteiger partial charge in [0.1, 0.15) is 16.4 Å². The van der Waals surface area contributed by atoms with Crippen LogP contribution in [-0.4, -0.2) is 89.9 Å². The van der Waals surface area contributed by atoms with Crippen molar-refractivity contribution >= 4 is 27.5 Å². The number of carbonyl (C=O) groups excluding carboxylic acids is 2. The van der Waals surface area contributed by atoms with E-state index in [4.69, 9.17) is 23.1 Å². The molecule has 0 atom stereocenters. The predicted octanol–water partition coefficient (Wildman–Crippen LogP) is 3.89. The highest BCUT2D eigenvalue weighted by Gasteiger charge is 2.56. The molecule has 2 amide bonds. The highest BCUT2D eigenvalue weighted by Crippen LogP contribution is 2.53. The highest BCUT2D eigenvalue weighted by atomic mass is 32.2. The van der Waals surface area contributed by atoms with E-state index in [0.29, 0.717) is 63.4 Å². The van der Waals surface area contributed by atoms with Crippen LogP contribution in [0.1, 0.15) is 73.4 Å². The molecule has 2 aliphatic heterocycles. The van der Waals surface area contributed by atoms with Gasteiger partial charge in [-0.25, -0.2) is 12.7 Å². The average Bonchev–Trinajstić information content (AvgIpc) is 3.24. The van der Waals surface area contributed by atoms with Crippen LogP contribution in [0.25, 0.3) is 0 Å². The summed E-state index contributed by atoms with van der Waals surface area (Å²) in [5.74, 6) is -1.23. The molecule has 0 aromatic heterocycles. The van der Waals surface area contributed by atoms with Crippen molar-refractivity contribution in [1.29, 1.82) is 0 Å². The molecule has 12 heteroatoms. The van der Waals surface area contributed by atoms with Crippen LogP contribution in [0.2, 0.25) is 0 Å². The molecule has 1 spiro atoms. The van der Waals surface area contributed by atoms with Crippen molar-refractivity contribution < 1.29 is 41.1 Å². The molecule has 2 aromatic rings. The number of sulfonamides is 1. The number of carbonyl (C=O) groups is 2. The summed E-state index contributed by atoms with van der Waals surface area (Å²) in [6.45, 7) is 12.0. The maximum absolute atomic E-state index is 14.5. The largest absolute Gasteiger partial charge is 0.495 e. The number of rotatable bonds is 10. The lowest BCUT2D eigenvalue weighted by molar-refractivity contribution is -0.124. The van der Waals surface area contributed by atoms with Crippen molar-refractivity contribution in [3.05, 3.63) is 47.5 Å². The number of nitrogens with one attached hydrogen (secondary N) is 1. The molecule has 246 valence electrons. The van der Waals surface area contributed by atoms with Crippen molar-refractivity contribution in [2.24, 2.45) is 0 Å². The third-order valence-corrected chi connectivity index (χ3v) is 10.3. The number of ether oxygens (including phenoxy) is 4. The van der Waals surface area contributed by atoms with Gasteiger partial charge in [-0.3, -0.25) is 14.5 Å². The number of methoxy groups -OCH3 is 1. The van der Waals surface area contributed by atoms with Gasteiger partial charge in [0, 0.05) is 30.7 Å². The van der Waals surface area contributed by atoms with Crippen LogP contribution in [0.3, 0.4) is 0 Å². The van der Waals surface area contributed by atoms with Gasteiger partial charge in [-0.1, -0.05) is 0 Å². The van der Waals surface area contributed by atoms with E-state index in [2.05, 4.69) is 10.2 Å². The average molecular weight is 647 g/mol. The number of amides is 2. The van der Waals surface area contributed by atoms with E-state index in [-0.39, 0.29) is 17.4 Å². The Morgan fingerprint density at radius 3 is 2.53 bits per heavy atom. The van der Waals surface area contributed by atoms with Gasteiger partial charge in [0.2, 0.25) is 0 Å². The summed E-state index contributed by atoms with van der Waals surface area (Å²) in [5.41, 5.74) is -1.06. The lowest BCUT2D eigenvalue weighted by Gasteiger charge is -2.36. The van der Waals surface area contributed by atoms with Crippen LogP contribution < -0.4 is 19.1 Å². The number of hydrogen-bond donors (Lipinski definition) is 1. The lowest BCUT2D eigenvalue weighted by Crippen LogP contribution is -2.46. The summed E-state index contributed by atoms with van der Waals surface area (Å²) in [4.78, 5) is 29.2. The first kappa shape index (κ1) is 29.2. The SMILES string of the molecule is [2H]C([2H])([2H])Oc1cc(C(=O)NC(C)(C)C)ccc1S(=O)(=O)N1C(=O)C2(CCC(OCCN3CCOCC3)CC2)c2cc(OCC)ccc21. The zero-order valence-electron chi connectivity index (χ0n) is 29.4. The second kappa shape index (κ2) is 13.3. The Hall–Kier alpha value is -3.19. The zero-order chi connectivity index (χ0) is 34.9. The van der Waals surface area contributed by atoms with Crippen LogP contribution in [0, 0.1) is 0 Å². The molecule has 1 aliphatic carbocycles. The fraction of sp³-hybridized carbons (Fsp3) is 0.576. The Morgan fingerprint density at radius 2 is 1.87 bits per heavy atom. The van der Waals surface area contributed by atoms with Gasteiger partial charge >= 0.3 is 0 Å². The van der Waals surface area contributed by atoms with Crippen LogP contribution in [0.4, 0.5) is 5.69 Å². The van der Waals surface area contributed by atoms with E-state index in [1.807, 2.05) is 6.92 Å². The molecule has 11 nitrogen and oxygen atoms in total. The van der Waals surface area contributed by atoms with Crippen molar-refractivity contribution in [3.63, 3.8) is 0 Å². The van der Waals surface area contributed by atoms with Crippen LogP contribution in [0.15, 0.2) is 41.3 Å². The van der Waals surface area contributed by atoms with Gasteiger partial charge in [0.05, 0.1) is 54.8 Å². The summed E-state index contributed by atoms with van der Waals surface area (Å²) in [5, 5.41) is 2.77. The van der Waals surface area contributed by atoms with Crippen molar-refractivity contribution in [2.75, 3.05) is 57.4 Å². The number of hydrogen-bond acceptors (Lipinski definition) is 9. The molecule has 1 saturated carbocycles. The van der Waals surface area contributed by atoms with Crippen LogP contribution >= 0.6 is 0 Å². The highest BCUT2D eigenvalue weighted by molar-refractivity contribution is 7.93. The fourth-order valence-corrected chi connectivity index (χ4v) is 7.95. The minimum absolute atomic E-state index is 0.000965. The number of fused-ring (bicyclic) bond motifs is 2. The number of nitrogens with zero attached hydrogens (tertiary/aromatic N) is 2. The molecule has 0 unspecified atom stereocenters. The summed E-state index contributed by atoms with van der Waals surface area (Å²) in [7, 11) is -7.77. The normalized spacial score (nSPS) is 23.6. The molecular weight excluding hydrogens is 598 g/mol. The van der Waals surface area contributed by atoms with Crippen molar-refractivity contribution in [1.82, 2.24) is 10.2 Å². The van der Waals surface area contributed by atoms with E-state index in [1.54, 1.807) is 39.0 Å². The van der Waals surface area contributed by atoms with Gasteiger partial charge < -0.3 is 24.3 Å². The van der Waals surface area contributed by atoms with Crippen LogP contribution in [0.5, 0.6) is 11.5 Å². The Morgan fingerprint density at radius 1 is 1.13 bits per heavy atom. The topological polar surface area (TPSA) is 124 Å². The minimum Gasteiger partial charge on any atom is -0.495 e. The maximum Gasteiger partial charge on any atom is 0.274 e. The fourth-order valence-electron chi connectivity index (χ4n) is 6.35. The molecule has 1 N–H and O–H groups in total. The first-order chi connectivity index (χ1) is 22.5. The van der Waals surface area contributed by atoms with Gasteiger partial charge in [-0.15, -0.1) is 0 Å². The molecule has 2 aromatic carbocycles. The van der Waals surface area contributed by atoms with E-state index in [9.17, 15) is 18.0 Å². The van der Waals surface area contributed by atoms with E-state index < -0.39 is 50.5 Å². The van der Waals surface area contributed by atoms with Gasteiger partial charge in [-0.05, 0) is 95.3 Å². The Labute approximate surface area is 270 Å². The smallest absolute Gasteiger partial charge is 0.274 e. The Kier molecular flexibility index (Phi) is 8.62. The molecule has 0 bridgehead atoms. The molecule has 0 radical (unpaired) electrons.